The summed E-state index contributed by atoms with van der Waals surface area (Å²) in [4.78, 5) is 34.2. The van der Waals surface area contributed by atoms with Crippen LogP contribution in [0.5, 0.6) is 5.75 Å². The van der Waals surface area contributed by atoms with Gasteiger partial charge in [-0.15, -0.1) is 0 Å². The minimum Gasteiger partial charge on any atom is -0.504 e. The van der Waals surface area contributed by atoms with Crippen LogP contribution in [0.25, 0.3) is 0 Å². The van der Waals surface area contributed by atoms with Crippen LogP contribution in [-0.4, -0.2) is 60.1 Å². The number of hydrogen-bond donors (Lipinski definition) is 3. The molecule has 0 unspecified atom stereocenters. The Bertz CT molecular complexity index is 1130. The number of amides is 1. The number of hydrogen-bond acceptors (Lipinski definition) is 7. The lowest BCUT2D eigenvalue weighted by molar-refractivity contribution is 0.126. The van der Waals surface area contributed by atoms with Crippen LogP contribution in [0.1, 0.15) is 0 Å². The van der Waals surface area contributed by atoms with Gasteiger partial charge in [-0.3, -0.25) is 9.59 Å². The maximum absolute atomic E-state index is 12.9. The van der Waals surface area contributed by atoms with Crippen molar-refractivity contribution in [3.8, 4) is 5.75 Å². The lowest BCUT2D eigenvalue weighted by Crippen LogP contribution is -2.50. The number of nitrogens with zero attached hydrogens (tertiary/aromatic N) is 2. The summed E-state index contributed by atoms with van der Waals surface area (Å²) < 4.78 is 26.9. The zero-order valence-electron chi connectivity index (χ0n) is 14.0. The number of carbonyl (C=O) groups is 1. The van der Waals surface area contributed by atoms with Crippen LogP contribution in [0.3, 0.4) is 0 Å². The van der Waals surface area contributed by atoms with Gasteiger partial charge in [0.25, 0.3) is 5.43 Å². The van der Waals surface area contributed by atoms with Gasteiger partial charge in [0.1, 0.15) is 15.6 Å². The monoisotopic (exact) mass is 449 g/mol. The summed E-state index contributed by atoms with van der Waals surface area (Å²) in [6.07, 6.45) is -1.16. The first kappa shape index (κ1) is 20.4. The lowest BCUT2D eigenvalue weighted by atomic mass is 10.2. The molecule has 1 amide bonds. The van der Waals surface area contributed by atoms with Gasteiger partial charge in [0.2, 0.25) is 15.5 Å². The summed E-state index contributed by atoms with van der Waals surface area (Å²) in [5, 5.41) is 21.3. The first-order valence-corrected chi connectivity index (χ1v) is 10.0. The standard InChI is InChI=1S/C15H13Cl2N3O7S/c16-7-1-2-8(18-10-9(17)12(22)13(10)23)11(21)14(7)28(26,27)20-5-3-19(4-6-20)15(24)25/h1-2,18,21H,3-6H2,(H,24,25). The maximum atomic E-state index is 12.9. The molecular weight excluding hydrogens is 437 g/mol. The van der Waals surface area contributed by atoms with Crippen LogP contribution in [0, 0.1) is 0 Å². The van der Waals surface area contributed by atoms with Gasteiger partial charge in [0.15, 0.2) is 5.75 Å². The SMILES string of the molecule is O=C(O)N1CCN(S(=O)(=O)c2c(Cl)ccc(Nc3c(Cl)c(=O)c3=O)c2O)CC1. The van der Waals surface area contributed by atoms with Crippen molar-refractivity contribution >= 4 is 50.7 Å². The number of aromatic hydroxyl groups is 1. The smallest absolute Gasteiger partial charge is 0.407 e. The molecule has 0 atom stereocenters. The van der Waals surface area contributed by atoms with E-state index in [-0.39, 0.29) is 47.6 Å². The highest BCUT2D eigenvalue weighted by Crippen LogP contribution is 2.40. The number of carboxylic acid groups (broad SMARTS) is 1. The van der Waals surface area contributed by atoms with Gasteiger partial charge in [0, 0.05) is 26.2 Å². The van der Waals surface area contributed by atoms with Crippen LogP contribution in [-0.2, 0) is 10.0 Å². The van der Waals surface area contributed by atoms with E-state index in [4.69, 9.17) is 28.3 Å². The number of halogens is 2. The van der Waals surface area contributed by atoms with Crippen molar-refractivity contribution < 1.29 is 23.4 Å². The van der Waals surface area contributed by atoms with Crippen LogP contribution < -0.4 is 16.2 Å². The first-order valence-electron chi connectivity index (χ1n) is 7.81. The normalized spacial score (nSPS) is 15.7. The van der Waals surface area contributed by atoms with Gasteiger partial charge in [-0.2, -0.15) is 4.31 Å². The molecule has 0 aromatic heterocycles. The number of sulfonamides is 1. The molecule has 0 bridgehead atoms. The number of piperazine rings is 1. The summed E-state index contributed by atoms with van der Waals surface area (Å²) in [5.74, 6) is -0.753. The fourth-order valence-electron chi connectivity index (χ4n) is 2.75. The van der Waals surface area contributed by atoms with E-state index in [9.17, 15) is 27.9 Å². The molecule has 0 spiro atoms. The van der Waals surface area contributed by atoms with Gasteiger partial charge in [-0.1, -0.05) is 23.2 Å². The number of anilines is 2. The highest BCUT2D eigenvalue weighted by Gasteiger charge is 2.34. The average Bonchev–Trinajstić information content (AvgIpc) is 2.66. The summed E-state index contributed by atoms with van der Waals surface area (Å²) >= 11 is 11.6. The number of benzene rings is 1. The maximum Gasteiger partial charge on any atom is 0.407 e. The van der Waals surface area contributed by atoms with E-state index < -0.39 is 37.6 Å². The average molecular weight is 450 g/mol. The molecule has 150 valence electrons. The molecule has 3 rings (SSSR count). The Hall–Kier alpha value is -2.34. The van der Waals surface area contributed by atoms with E-state index in [0.29, 0.717) is 0 Å². The number of rotatable bonds is 4. The molecule has 28 heavy (non-hydrogen) atoms. The van der Waals surface area contributed by atoms with Crippen molar-refractivity contribution in [2.24, 2.45) is 0 Å². The Morgan fingerprint density at radius 3 is 2.21 bits per heavy atom. The van der Waals surface area contributed by atoms with E-state index in [1.54, 1.807) is 0 Å². The van der Waals surface area contributed by atoms with E-state index in [1.165, 1.54) is 12.1 Å². The van der Waals surface area contributed by atoms with Crippen LogP contribution in [0.4, 0.5) is 16.2 Å². The molecule has 1 heterocycles. The van der Waals surface area contributed by atoms with E-state index >= 15 is 0 Å². The van der Waals surface area contributed by atoms with E-state index in [0.717, 1.165) is 9.21 Å². The fourth-order valence-corrected chi connectivity index (χ4v) is 4.99. The Balaban J connectivity index is 1.94. The second-order valence-corrected chi connectivity index (χ2v) is 8.58. The molecular formula is C15H13Cl2N3O7S. The zero-order valence-corrected chi connectivity index (χ0v) is 16.3. The zero-order chi connectivity index (χ0) is 20.8. The van der Waals surface area contributed by atoms with E-state index in [2.05, 4.69) is 5.32 Å². The van der Waals surface area contributed by atoms with Crippen LogP contribution >= 0.6 is 23.2 Å². The Labute approximate surface area is 168 Å². The molecule has 0 saturated carbocycles. The third-order valence-corrected chi connectivity index (χ3v) is 7.06. The molecule has 1 aliphatic rings. The van der Waals surface area contributed by atoms with Gasteiger partial charge in [0.05, 0.1) is 10.7 Å². The predicted molar refractivity (Wildman–Crippen MR) is 101 cm³/mol. The Kier molecular flexibility index (Phi) is 5.28. The third-order valence-electron chi connectivity index (χ3n) is 4.30. The molecule has 1 saturated heterocycles. The summed E-state index contributed by atoms with van der Waals surface area (Å²) in [6, 6.07) is 2.43. The van der Waals surface area contributed by atoms with Gasteiger partial charge < -0.3 is 20.4 Å². The largest absolute Gasteiger partial charge is 0.504 e. The van der Waals surface area contributed by atoms with Crippen molar-refractivity contribution in [1.82, 2.24) is 9.21 Å². The van der Waals surface area contributed by atoms with Crippen molar-refractivity contribution in [2.45, 2.75) is 4.90 Å². The summed E-state index contributed by atoms with van der Waals surface area (Å²) in [6.45, 7) is -0.313. The number of phenols is 1. The highest BCUT2D eigenvalue weighted by molar-refractivity contribution is 7.89. The van der Waals surface area contributed by atoms with Crippen molar-refractivity contribution in [3.63, 3.8) is 0 Å². The third kappa shape index (κ3) is 3.30. The van der Waals surface area contributed by atoms with Crippen molar-refractivity contribution in [2.75, 3.05) is 31.5 Å². The Morgan fingerprint density at radius 2 is 1.68 bits per heavy atom. The highest BCUT2D eigenvalue weighted by atomic mass is 35.5. The molecule has 1 aliphatic heterocycles. The molecule has 2 aromatic rings. The Morgan fingerprint density at radius 1 is 1.07 bits per heavy atom. The second kappa shape index (κ2) is 7.24. The predicted octanol–water partition coefficient (Wildman–Crippen LogP) is 1.02. The van der Waals surface area contributed by atoms with Crippen molar-refractivity contribution in [1.29, 1.82) is 0 Å². The van der Waals surface area contributed by atoms with Crippen LogP contribution in [0.15, 0.2) is 26.6 Å². The first-order chi connectivity index (χ1) is 13.1. The number of phenolic OH excluding ortho intramolecular Hbond substituents is 1. The summed E-state index contributed by atoms with van der Waals surface area (Å²) in [5.41, 5.74) is -2.22. The van der Waals surface area contributed by atoms with Gasteiger partial charge in [-0.05, 0) is 12.1 Å². The number of nitrogens with one attached hydrogen (secondary N) is 1. The van der Waals surface area contributed by atoms with Crippen molar-refractivity contribution in [3.05, 3.63) is 42.6 Å². The van der Waals surface area contributed by atoms with Gasteiger partial charge in [-0.25, -0.2) is 13.2 Å². The molecule has 0 radical (unpaired) electrons. The van der Waals surface area contributed by atoms with Gasteiger partial charge >= 0.3 is 6.09 Å². The molecule has 3 N–H and O–H groups in total. The molecule has 13 heteroatoms. The minimum absolute atomic E-state index is 0.0377. The summed E-state index contributed by atoms with van der Waals surface area (Å²) in [7, 11) is -4.27. The fraction of sp³-hybridized carbons (Fsp3) is 0.267. The lowest BCUT2D eigenvalue weighted by Gasteiger charge is -2.32. The molecule has 1 fully saturated rings. The quantitative estimate of drug-likeness (QED) is 0.463. The van der Waals surface area contributed by atoms with E-state index in [1.807, 2.05) is 0 Å². The van der Waals surface area contributed by atoms with Crippen LogP contribution in [0.2, 0.25) is 10.0 Å². The minimum atomic E-state index is -4.27. The molecule has 0 aliphatic carbocycles. The second-order valence-electron chi connectivity index (χ2n) is 5.92. The topological polar surface area (TPSA) is 144 Å². The molecule has 10 nitrogen and oxygen atoms in total. The molecule has 2 aromatic carbocycles.